The van der Waals surface area contributed by atoms with E-state index in [1.165, 1.54) is 22.9 Å². The van der Waals surface area contributed by atoms with Gasteiger partial charge in [0.05, 0.1) is 31.2 Å². The van der Waals surface area contributed by atoms with E-state index in [1.54, 1.807) is 26.2 Å². The maximum absolute atomic E-state index is 12.7. The van der Waals surface area contributed by atoms with Crippen molar-refractivity contribution in [3.8, 4) is 11.5 Å². The van der Waals surface area contributed by atoms with Gasteiger partial charge in [0.15, 0.2) is 11.5 Å². The normalized spacial score (nSPS) is 10.8. The van der Waals surface area contributed by atoms with Crippen LogP contribution in [0.1, 0.15) is 34.0 Å². The van der Waals surface area contributed by atoms with Crippen molar-refractivity contribution in [2.45, 2.75) is 27.2 Å². The molecule has 0 aliphatic carbocycles. The molecule has 0 saturated carbocycles. The first-order chi connectivity index (χ1) is 13.9. The summed E-state index contributed by atoms with van der Waals surface area (Å²) in [7, 11) is 1.54. The van der Waals surface area contributed by atoms with Gasteiger partial charge < -0.3 is 19.2 Å². The number of aromatic amines is 1. The highest BCUT2D eigenvalue weighted by Gasteiger charge is 2.16. The molecule has 152 valence electrons. The molecule has 0 aliphatic rings. The Morgan fingerprint density at radius 3 is 2.55 bits per heavy atom. The molecule has 6 heteroatoms. The summed E-state index contributed by atoms with van der Waals surface area (Å²) in [5, 5.41) is 0.345. The molecule has 0 spiro atoms. The molecule has 29 heavy (non-hydrogen) atoms. The first kappa shape index (κ1) is 20.5. The SMILES string of the molecule is CCOC(=O)c1c[nH]c2cc(OC)c(OCCc3ccc(C)c(C)c3)cc2c1=O. The van der Waals surface area contributed by atoms with Crippen LogP contribution in [0.4, 0.5) is 0 Å². The lowest BCUT2D eigenvalue weighted by Gasteiger charge is -2.13. The number of hydrogen-bond acceptors (Lipinski definition) is 5. The van der Waals surface area contributed by atoms with Crippen LogP contribution in [0.25, 0.3) is 10.9 Å². The number of methoxy groups -OCH3 is 1. The van der Waals surface area contributed by atoms with Crippen LogP contribution < -0.4 is 14.9 Å². The van der Waals surface area contributed by atoms with Crippen molar-refractivity contribution < 1.29 is 19.0 Å². The van der Waals surface area contributed by atoms with Crippen molar-refractivity contribution in [2.24, 2.45) is 0 Å². The summed E-state index contributed by atoms with van der Waals surface area (Å²) in [6.45, 7) is 6.49. The number of fused-ring (bicyclic) bond motifs is 1. The third-order valence-electron chi connectivity index (χ3n) is 4.88. The maximum atomic E-state index is 12.7. The van der Waals surface area contributed by atoms with Gasteiger partial charge in [-0.15, -0.1) is 0 Å². The molecule has 0 aliphatic heterocycles. The highest BCUT2D eigenvalue weighted by Crippen LogP contribution is 2.30. The number of rotatable bonds is 7. The second kappa shape index (κ2) is 8.82. The van der Waals surface area contributed by atoms with Gasteiger partial charge in [0.2, 0.25) is 5.43 Å². The quantitative estimate of drug-likeness (QED) is 0.613. The van der Waals surface area contributed by atoms with E-state index in [9.17, 15) is 9.59 Å². The van der Waals surface area contributed by atoms with Crippen molar-refractivity contribution in [1.82, 2.24) is 4.98 Å². The van der Waals surface area contributed by atoms with Crippen molar-refractivity contribution in [2.75, 3.05) is 20.3 Å². The maximum Gasteiger partial charge on any atom is 0.343 e. The summed E-state index contributed by atoms with van der Waals surface area (Å²) < 4.78 is 16.3. The van der Waals surface area contributed by atoms with Crippen LogP contribution >= 0.6 is 0 Å². The molecule has 2 aromatic carbocycles. The smallest absolute Gasteiger partial charge is 0.343 e. The largest absolute Gasteiger partial charge is 0.493 e. The van der Waals surface area contributed by atoms with Crippen LogP contribution in [0.5, 0.6) is 11.5 Å². The van der Waals surface area contributed by atoms with E-state index in [-0.39, 0.29) is 12.2 Å². The van der Waals surface area contributed by atoms with Crippen molar-refractivity contribution in [3.63, 3.8) is 0 Å². The van der Waals surface area contributed by atoms with Gasteiger partial charge in [-0.2, -0.15) is 0 Å². The Labute approximate surface area is 169 Å². The highest BCUT2D eigenvalue weighted by atomic mass is 16.5. The molecule has 0 unspecified atom stereocenters. The summed E-state index contributed by atoms with van der Waals surface area (Å²) in [4.78, 5) is 27.7. The van der Waals surface area contributed by atoms with Gasteiger partial charge in [-0.05, 0) is 43.5 Å². The number of nitrogens with one attached hydrogen (secondary N) is 1. The molecule has 1 heterocycles. The molecule has 0 saturated heterocycles. The van der Waals surface area contributed by atoms with Crippen molar-refractivity contribution >= 4 is 16.9 Å². The Bertz CT molecular complexity index is 1100. The predicted octanol–water partition coefficient (Wildman–Crippen LogP) is 3.95. The number of ether oxygens (including phenoxy) is 3. The number of aromatic nitrogens is 1. The lowest BCUT2D eigenvalue weighted by Crippen LogP contribution is -2.18. The van der Waals surface area contributed by atoms with E-state index in [0.29, 0.717) is 29.0 Å². The molecule has 6 nitrogen and oxygen atoms in total. The van der Waals surface area contributed by atoms with Crippen LogP contribution in [0, 0.1) is 13.8 Å². The minimum absolute atomic E-state index is 0.0365. The molecule has 1 N–H and O–H groups in total. The summed E-state index contributed by atoms with van der Waals surface area (Å²) in [6, 6.07) is 9.62. The molecular weight excluding hydrogens is 370 g/mol. The fourth-order valence-corrected chi connectivity index (χ4v) is 3.10. The minimum Gasteiger partial charge on any atom is -0.493 e. The van der Waals surface area contributed by atoms with Gasteiger partial charge >= 0.3 is 5.97 Å². The second-order valence-corrected chi connectivity index (χ2v) is 6.82. The van der Waals surface area contributed by atoms with Gasteiger partial charge in [-0.25, -0.2) is 4.79 Å². The van der Waals surface area contributed by atoms with E-state index in [1.807, 2.05) is 0 Å². The predicted molar refractivity (Wildman–Crippen MR) is 112 cm³/mol. The van der Waals surface area contributed by atoms with E-state index in [2.05, 4.69) is 37.0 Å². The Balaban J connectivity index is 1.87. The van der Waals surface area contributed by atoms with Crippen LogP contribution in [-0.4, -0.2) is 31.3 Å². The first-order valence-corrected chi connectivity index (χ1v) is 9.54. The lowest BCUT2D eigenvalue weighted by molar-refractivity contribution is 0.0524. The molecule has 0 fully saturated rings. The third kappa shape index (κ3) is 4.42. The van der Waals surface area contributed by atoms with Crippen LogP contribution in [0.2, 0.25) is 0 Å². The minimum atomic E-state index is -0.649. The Hall–Kier alpha value is -3.28. The number of carbonyl (C=O) groups is 1. The zero-order valence-corrected chi connectivity index (χ0v) is 17.1. The fourth-order valence-electron chi connectivity index (χ4n) is 3.10. The second-order valence-electron chi connectivity index (χ2n) is 6.82. The first-order valence-electron chi connectivity index (χ1n) is 9.54. The zero-order chi connectivity index (χ0) is 21.0. The fraction of sp³-hybridized carbons (Fsp3) is 0.304. The van der Waals surface area contributed by atoms with Gasteiger partial charge in [0.25, 0.3) is 0 Å². The Kier molecular flexibility index (Phi) is 6.22. The van der Waals surface area contributed by atoms with Gasteiger partial charge in [-0.1, -0.05) is 18.2 Å². The van der Waals surface area contributed by atoms with Crippen molar-refractivity contribution in [1.29, 1.82) is 0 Å². The number of benzene rings is 2. The molecule has 0 radical (unpaired) electrons. The van der Waals surface area contributed by atoms with Gasteiger partial charge in [0.1, 0.15) is 5.56 Å². The van der Waals surface area contributed by atoms with Crippen molar-refractivity contribution in [3.05, 3.63) is 69.0 Å². The van der Waals surface area contributed by atoms with Crippen LogP contribution in [0.15, 0.2) is 41.3 Å². The Morgan fingerprint density at radius 1 is 1.07 bits per heavy atom. The number of esters is 1. The van der Waals surface area contributed by atoms with E-state index in [4.69, 9.17) is 14.2 Å². The average Bonchev–Trinajstić information content (AvgIpc) is 2.71. The Morgan fingerprint density at radius 2 is 1.86 bits per heavy atom. The number of pyridine rings is 1. The number of carbonyl (C=O) groups excluding carboxylic acids is 1. The van der Waals surface area contributed by atoms with Crippen LogP contribution in [0.3, 0.4) is 0 Å². The summed E-state index contributed by atoms with van der Waals surface area (Å²) in [6.07, 6.45) is 2.09. The zero-order valence-electron chi connectivity index (χ0n) is 17.1. The molecule has 0 atom stereocenters. The monoisotopic (exact) mass is 395 g/mol. The van der Waals surface area contributed by atoms with E-state index in [0.717, 1.165) is 6.42 Å². The molecular formula is C23H25NO5. The molecule has 1 aromatic heterocycles. The summed E-state index contributed by atoms with van der Waals surface area (Å²) >= 11 is 0. The topological polar surface area (TPSA) is 77.6 Å². The molecule has 0 bridgehead atoms. The molecule has 3 aromatic rings. The number of H-pyrrole nitrogens is 1. The number of hydrogen-bond donors (Lipinski definition) is 1. The average molecular weight is 395 g/mol. The van der Waals surface area contributed by atoms with E-state index >= 15 is 0 Å². The summed E-state index contributed by atoms with van der Waals surface area (Å²) in [5.41, 5.74) is 3.78. The summed E-state index contributed by atoms with van der Waals surface area (Å²) in [5.74, 6) is 0.316. The standard InChI is InChI=1S/C23H25NO5/c1-5-28-23(26)18-13-24-19-12-20(27-4)21(11-17(19)22(18)25)29-9-8-16-7-6-14(2)15(3)10-16/h6-7,10-13H,5,8-9H2,1-4H3,(H,24,25). The number of aryl methyl sites for hydroxylation is 2. The lowest BCUT2D eigenvalue weighted by atomic mass is 10.0. The van der Waals surface area contributed by atoms with E-state index < -0.39 is 11.4 Å². The third-order valence-corrected chi connectivity index (χ3v) is 4.88. The van der Waals surface area contributed by atoms with Gasteiger partial charge in [-0.3, -0.25) is 4.79 Å². The molecule has 0 amide bonds. The van der Waals surface area contributed by atoms with Gasteiger partial charge in [0, 0.05) is 18.7 Å². The van der Waals surface area contributed by atoms with Crippen LogP contribution in [-0.2, 0) is 11.2 Å². The highest BCUT2D eigenvalue weighted by molar-refractivity contribution is 5.94. The molecule has 3 rings (SSSR count).